The Labute approximate surface area is 114 Å². The Morgan fingerprint density at radius 2 is 2.24 bits per heavy atom. The molecule has 0 fully saturated rings. The predicted molar refractivity (Wildman–Crippen MR) is 73.2 cm³/mol. The summed E-state index contributed by atoms with van der Waals surface area (Å²) in [5.41, 5.74) is 2.21. The molecule has 0 amide bonds. The highest BCUT2D eigenvalue weighted by Gasteiger charge is 2.05. The Morgan fingerprint density at radius 3 is 2.94 bits per heavy atom. The third-order valence-electron chi connectivity index (χ3n) is 2.50. The fourth-order valence-corrected chi connectivity index (χ4v) is 2.38. The Hall–Kier alpha value is -0.840. The van der Waals surface area contributed by atoms with Crippen LogP contribution in [0.4, 0.5) is 0 Å². The van der Waals surface area contributed by atoms with Gasteiger partial charge in [-0.15, -0.1) is 0 Å². The molecular formula is C12H13BrClN3. The maximum Gasteiger partial charge on any atom is 0.0677 e. The molecule has 1 N–H and O–H groups in total. The van der Waals surface area contributed by atoms with E-state index in [9.17, 15) is 0 Å². The number of halogens is 2. The van der Waals surface area contributed by atoms with Crippen LogP contribution in [-0.2, 0) is 13.1 Å². The molecular weight excluding hydrogens is 302 g/mol. The van der Waals surface area contributed by atoms with Crippen LogP contribution >= 0.6 is 27.5 Å². The average Bonchev–Trinajstić information content (AvgIpc) is 2.71. The van der Waals surface area contributed by atoms with Crippen molar-refractivity contribution in [3.8, 4) is 0 Å². The molecule has 3 nitrogen and oxygen atoms in total. The van der Waals surface area contributed by atoms with Crippen molar-refractivity contribution < 1.29 is 0 Å². The minimum absolute atomic E-state index is 0.691. The fourth-order valence-electron chi connectivity index (χ4n) is 1.64. The van der Waals surface area contributed by atoms with E-state index in [2.05, 4.69) is 26.3 Å². The lowest BCUT2D eigenvalue weighted by atomic mass is 10.2. The van der Waals surface area contributed by atoms with Gasteiger partial charge in [-0.05, 0) is 30.8 Å². The minimum Gasteiger partial charge on any atom is -0.314 e. The number of nitrogens with zero attached hydrogens (tertiary/aromatic N) is 2. The van der Waals surface area contributed by atoms with Gasteiger partial charge in [-0.3, -0.25) is 4.68 Å². The van der Waals surface area contributed by atoms with Gasteiger partial charge >= 0.3 is 0 Å². The van der Waals surface area contributed by atoms with E-state index in [1.165, 1.54) is 0 Å². The summed E-state index contributed by atoms with van der Waals surface area (Å²) in [6.07, 6.45) is 1.80. The third kappa shape index (κ3) is 3.09. The maximum absolute atomic E-state index is 6.19. The molecule has 0 atom stereocenters. The molecule has 0 aliphatic heterocycles. The van der Waals surface area contributed by atoms with Crippen LogP contribution in [0.2, 0.25) is 5.02 Å². The molecule has 2 rings (SSSR count). The van der Waals surface area contributed by atoms with Gasteiger partial charge < -0.3 is 5.32 Å². The van der Waals surface area contributed by atoms with Crippen LogP contribution in [0.5, 0.6) is 0 Å². The molecule has 0 unspecified atom stereocenters. The van der Waals surface area contributed by atoms with Crippen LogP contribution in [0.15, 0.2) is 34.9 Å². The standard InChI is InChI=1S/C12H13BrClN3/c1-15-7-11-4-5-16-17(11)8-9-2-3-10(13)6-12(9)14/h2-6,15H,7-8H2,1H3. The molecule has 17 heavy (non-hydrogen) atoms. The molecule has 1 heterocycles. The average molecular weight is 315 g/mol. The van der Waals surface area contributed by atoms with E-state index < -0.39 is 0 Å². The van der Waals surface area contributed by atoms with Gasteiger partial charge in [0.25, 0.3) is 0 Å². The van der Waals surface area contributed by atoms with Crippen LogP contribution in [0, 0.1) is 0 Å². The SMILES string of the molecule is CNCc1ccnn1Cc1ccc(Br)cc1Cl. The van der Waals surface area contributed by atoms with Gasteiger partial charge in [-0.1, -0.05) is 33.6 Å². The van der Waals surface area contributed by atoms with Crippen molar-refractivity contribution in [2.24, 2.45) is 0 Å². The largest absolute Gasteiger partial charge is 0.314 e. The molecule has 0 aliphatic rings. The van der Waals surface area contributed by atoms with E-state index in [0.717, 1.165) is 27.3 Å². The number of aromatic nitrogens is 2. The third-order valence-corrected chi connectivity index (χ3v) is 3.34. The molecule has 0 radical (unpaired) electrons. The van der Waals surface area contributed by atoms with Crippen molar-refractivity contribution in [1.29, 1.82) is 0 Å². The van der Waals surface area contributed by atoms with Crippen LogP contribution in [0.25, 0.3) is 0 Å². The Balaban J connectivity index is 2.22. The van der Waals surface area contributed by atoms with Crippen LogP contribution in [-0.4, -0.2) is 16.8 Å². The van der Waals surface area contributed by atoms with Gasteiger partial charge in [0.1, 0.15) is 0 Å². The number of hydrogen-bond donors (Lipinski definition) is 1. The lowest BCUT2D eigenvalue weighted by Crippen LogP contribution is -2.13. The second-order valence-corrected chi connectivity index (χ2v) is 5.07. The van der Waals surface area contributed by atoms with Crippen molar-refractivity contribution in [3.05, 3.63) is 51.2 Å². The van der Waals surface area contributed by atoms with Crippen LogP contribution in [0.3, 0.4) is 0 Å². The highest BCUT2D eigenvalue weighted by molar-refractivity contribution is 9.10. The smallest absolute Gasteiger partial charge is 0.0677 e. The zero-order chi connectivity index (χ0) is 12.3. The van der Waals surface area contributed by atoms with E-state index in [0.29, 0.717) is 6.54 Å². The maximum atomic E-state index is 6.19. The summed E-state index contributed by atoms with van der Waals surface area (Å²) in [5, 5.41) is 8.17. The lowest BCUT2D eigenvalue weighted by molar-refractivity contribution is 0.622. The number of hydrogen-bond acceptors (Lipinski definition) is 2. The second-order valence-electron chi connectivity index (χ2n) is 3.75. The lowest BCUT2D eigenvalue weighted by Gasteiger charge is -2.09. The summed E-state index contributed by atoms with van der Waals surface area (Å²) in [7, 11) is 1.92. The Kier molecular flexibility index (Phi) is 4.20. The number of benzene rings is 1. The molecule has 0 saturated carbocycles. The van der Waals surface area contributed by atoms with Crippen LogP contribution in [0.1, 0.15) is 11.3 Å². The van der Waals surface area contributed by atoms with Gasteiger partial charge in [-0.2, -0.15) is 5.10 Å². The normalized spacial score (nSPS) is 10.8. The first-order valence-electron chi connectivity index (χ1n) is 5.30. The van der Waals surface area contributed by atoms with Crippen molar-refractivity contribution in [1.82, 2.24) is 15.1 Å². The first-order valence-corrected chi connectivity index (χ1v) is 6.47. The highest BCUT2D eigenvalue weighted by Crippen LogP contribution is 2.22. The predicted octanol–water partition coefficient (Wildman–Crippen LogP) is 3.07. The fraction of sp³-hybridized carbons (Fsp3) is 0.250. The quantitative estimate of drug-likeness (QED) is 0.940. The second kappa shape index (κ2) is 5.67. The number of rotatable bonds is 4. The molecule has 0 saturated heterocycles. The van der Waals surface area contributed by atoms with Gasteiger partial charge in [0.05, 0.1) is 12.2 Å². The summed E-state index contributed by atoms with van der Waals surface area (Å²) in [6, 6.07) is 7.90. The topological polar surface area (TPSA) is 29.9 Å². The van der Waals surface area contributed by atoms with Crippen molar-refractivity contribution in [3.63, 3.8) is 0 Å². The zero-order valence-electron chi connectivity index (χ0n) is 9.45. The molecule has 0 aliphatic carbocycles. The summed E-state index contributed by atoms with van der Waals surface area (Å²) in [6.45, 7) is 1.49. The Bertz CT molecular complexity index is 510. The highest BCUT2D eigenvalue weighted by atomic mass is 79.9. The summed E-state index contributed by atoms with van der Waals surface area (Å²) in [4.78, 5) is 0. The first-order chi connectivity index (χ1) is 8.20. The summed E-state index contributed by atoms with van der Waals surface area (Å²) in [5.74, 6) is 0. The van der Waals surface area contributed by atoms with Crippen LogP contribution < -0.4 is 5.32 Å². The monoisotopic (exact) mass is 313 g/mol. The molecule has 90 valence electrons. The van der Waals surface area contributed by atoms with E-state index in [1.54, 1.807) is 6.20 Å². The molecule has 5 heteroatoms. The van der Waals surface area contributed by atoms with E-state index >= 15 is 0 Å². The van der Waals surface area contributed by atoms with Gasteiger partial charge in [0.2, 0.25) is 0 Å². The minimum atomic E-state index is 0.691. The van der Waals surface area contributed by atoms with E-state index in [4.69, 9.17) is 11.6 Å². The molecule has 1 aromatic carbocycles. The zero-order valence-corrected chi connectivity index (χ0v) is 11.8. The summed E-state index contributed by atoms with van der Waals surface area (Å²) >= 11 is 9.59. The van der Waals surface area contributed by atoms with Crippen molar-refractivity contribution >= 4 is 27.5 Å². The van der Waals surface area contributed by atoms with Gasteiger partial charge in [-0.25, -0.2) is 0 Å². The first kappa shape index (κ1) is 12.6. The van der Waals surface area contributed by atoms with Gasteiger partial charge in [0, 0.05) is 22.2 Å². The van der Waals surface area contributed by atoms with Gasteiger partial charge in [0.15, 0.2) is 0 Å². The number of nitrogens with one attached hydrogen (secondary N) is 1. The summed E-state index contributed by atoms with van der Waals surface area (Å²) < 4.78 is 2.94. The molecule has 2 aromatic rings. The van der Waals surface area contributed by atoms with Crippen molar-refractivity contribution in [2.45, 2.75) is 13.1 Å². The Morgan fingerprint density at radius 1 is 1.41 bits per heavy atom. The van der Waals surface area contributed by atoms with Crippen molar-refractivity contribution in [2.75, 3.05) is 7.05 Å². The molecule has 1 aromatic heterocycles. The molecule has 0 bridgehead atoms. The molecule has 0 spiro atoms. The van der Waals surface area contributed by atoms with E-state index in [1.807, 2.05) is 36.0 Å². The van der Waals surface area contributed by atoms with E-state index in [-0.39, 0.29) is 0 Å².